The average Bonchev–Trinajstić information content (AvgIpc) is 3.11. The van der Waals surface area contributed by atoms with E-state index in [-0.39, 0.29) is 17.3 Å². The van der Waals surface area contributed by atoms with Crippen molar-refractivity contribution >= 4 is 17.4 Å². The molecule has 7 heteroatoms. The van der Waals surface area contributed by atoms with Gasteiger partial charge in [-0.3, -0.25) is 9.59 Å². The van der Waals surface area contributed by atoms with E-state index in [1.807, 2.05) is 11.0 Å². The number of benzene rings is 1. The van der Waals surface area contributed by atoms with Crippen molar-refractivity contribution in [2.45, 2.75) is 6.92 Å². The second kappa shape index (κ2) is 6.77. The normalized spacial score (nSPS) is 14.3. The van der Waals surface area contributed by atoms with Gasteiger partial charge in [-0.15, -0.1) is 0 Å². The number of nitrogens with one attached hydrogen (secondary N) is 1. The summed E-state index contributed by atoms with van der Waals surface area (Å²) < 4.78 is 14.1. The zero-order valence-electron chi connectivity index (χ0n) is 13.8. The van der Waals surface area contributed by atoms with Crippen LogP contribution in [0.25, 0.3) is 0 Å². The Bertz CT molecular complexity index is 860. The fourth-order valence-corrected chi connectivity index (χ4v) is 2.87. The number of piperazine rings is 1. The first-order chi connectivity index (χ1) is 12.0. The van der Waals surface area contributed by atoms with Crippen molar-refractivity contribution in [1.82, 2.24) is 9.88 Å². The van der Waals surface area contributed by atoms with Gasteiger partial charge in [-0.1, -0.05) is 0 Å². The number of nitriles is 1. The molecule has 0 aliphatic carbocycles. The van der Waals surface area contributed by atoms with Gasteiger partial charge in [-0.2, -0.15) is 5.26 Å². The van der Waals surface area contributed by atoms with Gasteiger partial charge in [-0.05, 0) is 31.2 Å². The Hall–Kier alpha value is -3.14. The van der Waals surface area contributed by atoms with Crippen LogP contribution in [0, 0.1) is 17.1 Å². The van der Waals surface area contributed by atoms with Crippen molar-refractivity contribution in [3.63, 3.8) is 0 Å². The Balaban J connectivity index is 1.66. The Labute approximate surface area is 144 Å². The average molecular weight is 340 g/mol. The van der Waals surface area contributed by atoms with Crippen LogP contribution in [0.15, 0.2) is 30.5 Å². The van der Waals surface area contributed by atoms with Gasteiger partial charge >= 0.3 is 0 Å². The highest BCUT2D eigenvalue weighted by Gasteiger charge is 2.24. The number of aromatic amines is 1. The molecule has 0 spiro atoms. The SMILES string of the molecule is CC(=O)c1c[nH]c(C(=O)N2CCN(c3ccc(C#N)cc3F)CC2)c1. The van der Waals surface area contributed by atoms with Gasteiger partial charge in [0.1, 0.15) is 11.5 Å². The van der Waals surface area contributed by atoms with Crippen LogP contribution in [0.3, 0.4) is 0 Å². The molecule has 25 heavy (non-hydrogen) atoms. The smallest absolute Gasteiger partial charge is 0.270 e. The molecule has 3 rings (SSSR count). The lowest BCUT2D eigenvalue weighted by Gasteiger charge is -2.36. The van der Waals surface area contributed by atoms with Gasteiger partial charge in [0.05, 0.1) is 17.3 Å². The maximum atomic E-state index is 14.1. The minimum atomic E-state index is -0.436. The number of hydrogen-bond donors (Lipinski definition) is 1. The zero-order valence-corrected chi connectivity index (χ0v) is 13.8. The summed E-state index contributed by atoms with van der Waals surface area (Å²) in [5.41, 5.74) is 1.57. The Morgan fingerprint density at radius 3 is 2.48 bits per heavy atom. The van der Waals surface area contributed by atoms with E-state index in [1.54, 1.807) is 23.1 Å². The van der Waals surface area contributed by atoms with Crippen LogP contribution in [0.5, 0.6) is 0 Å². The predicted octanol–water partition coefficient (Wildman–Crippen LogP) is 2.19. The van der Waals surface area contributed by atoms with E-state index in [2.05, 4.69) is 4.98 Å². The number of H-pyrrole nitrogens is 1. The van der Waals surface area contributed by atoms with E-state index in [0.29, 0.717) is 43.1 Å². The molecule has 1 fully saturated rings. The third-order valence-corrected chi connectivity index (χ3v) is 4.30. The Kier molecular flexibility index (Phi) is 4.52. The summed E-state index contributed by atoms with van der Waals surface area (Å²) in [5, 5.41) is 8.80. The second-order valence-electron chi connectivity index (χ2n) is 5.92. The van der Waals surface area contributed by atoms with Gasteiger partial charge < -0.3 is 14.8 Å². The molecule has 128 valence electrons. The molecule has 0 atom stereocenters. The van der Waals surface area contributed by atoms with Crippen molar-refractivity contribution in [1.29, 1.82) is 5.26 Å². The molecule has 1 saturated heterocycles. The third kappa shape index (κ3) is 3.38. The fourth-order valence-electron chi connectivity index (χ4n) is 2.87. The quantitative estimate of drug-likeness (QED) is 0.869. The van der Waals surface area contributed by atoms with E-state index >= 15 is 0 Å². The van der Waals surface area contributed by atoms with Gasteiger partial charge in [0, 0.05) is 37.9 Å². The van der Waals surface area contributed by atoms with Gasteiger partial charge in [0.15, 0.2) is 5.78 Å². The summed E-state index contributed by atoms with van der Waals surface area (Å²) in [6, 6.07) is 7.85. The van der Waals surface area contributed by atoms with Crippen LogP contribution in [-0.2, 0) is 0 Å². The monoisotopic (exact) mass is 340 g/mol. The van der Waals surface area contributed by atoms with Crippen LogP contribution < -0.4 is 4.90 Å². The lowest BCUT2D eigenvalue weighted by Crippen LogP contribution is -2.49. The van der Waals surface area contributed by atoms with E-state index in [4.69, 9.17) is 5.26 Å². The second-order valence-corrected chi connectivity index (χ2v) is 5.92. The number of carbonyl (C=O) groups excluding carboxylic acids is 2. The predicted molar refractivity (Wildman–Crippen MR) is 90.0 cm³/mol. The number of carbonyl (C=O) groups is 2. The summed E-state index contributed by atoms with van der Waals surface area (Å²) in [7, 11) is 0. The highest BCUT2D eigenvalue weighted by atomic mass is 19.1. The highest BCUT2D eigenvalue weighted by molar-refractivity contribution is 5.99. The number of nitrogens with zero attached hydrogens (tertiary/aromatic N) is 3. The number of ketones is 1. The van der Waals surface area contributed by atoms with Crippen molar-refractivity contribution in [2.75, 3.05) is 31.1 Å². The minimum Gasteiger partial charge on any atom is -0.366 e. The maximum Gasteiger partial charge on any atom is 0.270 e. The van der Waals surface area contributed by atoms with Gasteiger partial charge in [0.25, 0.3) is 5.91 Å². The fraction of sp³-hybridized carbons (Fsp3) is 0.278. The number of aromatic nitrogens is 1. The number of amides is 1. The van der Waals surface area contributed by atoms with E-state index in [0.717, 1.165) is 0 Å². The molecule has 0 radical (unpaired) electrons. The molecule has 1 amide bonds. The number of rotatable bonds is 3. The maximum absolute atomic E-state index is 14.1. The molecule has 0 bridgehead atoms. The van der Waals surface area contributed by atoms with Crippen LogP contribution >= 0.6 is 0 Å². The molecule has 1 N–H and O–H groups in total. The molecular formula is C18H17FN4O2. The van der Waals surface area contributed by atoms with E-state index in [9.17, 15) is 14.0 Å². The summed E-state index contributed by atoms with van der Waals surface area (Å²) in [4.78, 5) is 30.2. The lowest BCUT2D eigenvalue weighted by molar-refractivity contribution is 0.0741. The van der Waals surface area contributed by atoms with Crippen molar-refractivity contribution in [3.05, 3.63) is 53.1 Å². The molecule has 1 aromatic heterocycles. The molecule has 2 heterocycles. The summed E-state index contributed by atoms with van der Waals surface area (Å²) in [6.45, 7) is 3.34. The number of anilines is 1. The molecule has 1 aromatic carbocycles. The standard InChI is InChI=1S/C18H17FN4O2/c1-12(24)14-9-16(21-11-14)18(25)23-6-4-22(5-7-23)17-3-2-13(10-20)8-15(17)19/h2-3,8-9,11,21H,4-7H2,1H3. The zero-order chi connectivity index (χ0) is 18.0. The van der Waals surface area contributed by atoms with E-state index < -0.39 is 5.82 Å². The van der Waals surface area contributed by atoms with E-state index in [1.165, 1.54) is 19.2 Å². The lowest BCUT2D eigenvalue weighted by atomic mass is 10.1. The van der Waals surface area contributed by atoms with Crippen LogP contribution in [0.4, 0.5) is 10.1 Å². The highest BCUT2D eigenvalue weighted by Crippen LogP contribution is 2.22. The van der Waals surface area contributed by atoms with Crippen LogP contribution in [-0.4, -0.2) is 47.8 Å². The van der Waals surface area contributed by atoms with Crippen LogP contribution in [0.2, 0.25) is 0 Å². The molecular weight excluding hydrogens is 323 g/mol. The van der Waals surface area contributed by atoms with Gasteiger partial charge in [-0.25, -0.2) is 4.39 Å². The first kappa shape index (κ1) is 16.7. The summed E-state index contributed by atoms with van der Waals surface area (Å²) >= 11 is 0. The van der Waals surface area contributed by atoms with Crippen molar-refractivity contribution < 1.29 is 14.0 Å². The van der Waals surface area contributed by atoms with Crippen LogP contribution in [0.1, 0.15) is 33.3 Å². The number of hydrogen-bond acceptors (Lipinski definition) is 4. The summed E-state index contributed by atoms with van der Waals surface area (Å²) in [6.07, 6.45) is 1.53. The molecule has 1 aliphatic rings. The largest absolute Gasteiger partial charge is 0.366 e. The molecule has 2 aromatic rings. The summed E-state index contributed by atoms with van der Waals surface area (Å²) in [5.74, 6) is -0.710. The first-order valence-electron chi connectivity index (χ1n) is 7.93. The molecule has 6 nitrogen and oxygen atoms in total. The van der Waals surface area contributed by atoms with Gasteiger partial charge in [0.2, 0.25) is 0 Å². The Morgan fingerprint density at radius 1 is 1.20 bits per heavy atom. The molecule has 0 saturated carbocycles. The number of halogens is 1. The Morgan fingerprint density at radius 2 is 1.92 bits per heavy atom. The topological polar surface area (TPSA) is 80.2 Å². The molecule has 0 unspecified atom stereocenters. The molecule has 1 aliphatic heterocycles. The minimum absolute atomic E-state index is 0.101. The van der Waals surface area contributed by atoms with Crippen molar-refractivity contribution in [2.24, 2.45) is 0 Å². The first-order valence-corrected chi connectivity index (χ1v) is 7.93. The number of Topliss-reactive ketones (excluding diaryl/α,β-unsaturated/α-hetero) is 1. The van der Waals surface area contributed by atoms with Crippen molar-refractivity contribution in [3.8, 4) is 6.07 Å². The third-order valence-electron chi connectivity index (χ3n) is 4.30.